The Morgan fingerprint density at radius 2 is 2.04 bits per heavy atom. The van der Waals surface area contributed by atoms with E-state index in [0.717, 1.165) is 49.3 Å². The average Bonchev–Trinajstić information content (AvgIpc) is 3.24. The molecule has 1 atom stereocenters. The summed E-state index contributed by atoms with van der Waals surface area (Å²) in [7, 11) is 2.02. The summed E-state index contributed by atoms with van der Waals surface area (Å²) in [5.74, 6) is 1.16. The topological polar surface area (TPSA) is 38.1 Å². The van der Waals surface area contributed by atoms with E-state index in [-0.39, 0.29) is 11.9 Å². The molecule has 4 nitrogen and oxygen atoms in total. The Morgan fingerprint density at radius 3 is 2.83 bits per heavy atom. The Hall–Kier alpha value is -2.10. The number of carbonyl (C=O) groups excluding carboxylic acids is 1. The van der Waals surface area contributed by atoms with E-state index < -0.39 is 0 Å². The molecule has 120 valence electrons. The first-order valence-electron chi connectivity index (χ1n) is 8.56. The standard InChI is InChI=1S/C19H23N3O/c1-13-12-21(2)18(20-13)17-7-4-10-22(17)19(23)16-9-8-14-5-3-6-15(14)11-16/h8-9,11-12,17H,3-7,10H2,1-2H3/t17-/m1/s1. The molecular weight excluding hydrogens is 286 g/mol. The van der Waals surface area contributed by atoms with Gasteiger partial charge in [-0.1, -0.05) is 6.07 Å². The van der Waals surface area contributed by atoms with Crippen LogP contribution >= 0.6 is 0 Å². The summed E-state index contributed by atoms with van der Waals surface area (Å²) in [6.07, 6.45) is 7.56. The summed E-state index contributed by atoms with van der Waals surface area (Å²) in [4.78, 5) is 19.7. The molecule has 1 aliphatic heterocycles. The van der Waals surface area contributed by atoms with Crippen LogP contribution in [0.4, 0.5) is 0 Å². The van der Waals surface area contributed by atoms with Gasteiger partial charge in [0.1, 0.15) is 5.82 Å². The number of aryl methyl sites for hydroxylation is 4. The normalized spacial score (nSPS) is 20.1. The van der Waals surface area contributed by atoms with Crippen molar-refractivity contribution in [1.29, 1.82) is 0 Å². The fraction of sp³-hybridized carbons (Fsp3) is 0.474. The largest absolute Gasteiger partial charge is 0.336 e. The molecule has 2 aliphatic rings. The maximum absolute atomic E-state index is 13.0. The van der Waals surface area contributed by atoms with Gasteiger partial charge in [-0.15, -0.1) is 0 Å². The summed E-state index contributed by atoms with van der Waals surface area (Å²) in [6, 6.07) is 6.37. The number of likely N-dealkylation sites (tertiary alicyclic amines) is 1. The highest BCUT2D eigenvalue weighted by molar-refractivity contribution is 5.95. The van der Waals surface area contributed by atoms with Crippen LogP contribution in [0.2, 0.25) is 0 Å². The predicted molar refractivity (Wildman–Crippen MR) is 89.4 cm³/mol. The molecule has 0 N–H and O–H groups in total. The molecule has 1 aliphatic carbocycles. The van der Waals surface area contributed by atoms with Crippen LogP contribution in [0.15, 0.2) is 24.4 Å². The van der Waals surface area contributed by atoms with Gasteiger partial charge in [0.05, 0.1) is 11.7 Å². The smallest absolute Gasteiger partial charge is 0.254 e. The second-order valence-electron chi connectivity index (χ2n) is 6.85. The lowest BCUT2D eigenvalue weighted by Gasteiger charge is -2.24. The molecule has 0 radical (unpaired) electrons. The van der Waals surface area contributed by atoms with Crippen molar-refractivity contribution in [2.45, 2.75) is 45.1 Å². The molecule has 1 amide bonds. The average molecular weight is 309 g/mol. The first kappa shape index (κ1) is 14.5. The van der Waals surface area contributed by atoms with Crippen LogP contribution in [-0.4, -0.2) is 26.9 Å². The number of rotatable bonds is 2. The summed E-state index contributed by atoms with van der Waals surface area (Å²) in [5.41, 5.74) is 4.63. The van der Waals surface area contributed by atoms with Crippen LogP contribution < -0.4 is 0 Å². The third-order valence-electron chi connectivity index (χ3n) is 5.19. The number of nitrogens with zero attached hydrogens (tertiary/aromatic N) is 3. The van der Waals surface area contributed by atoms with Crippen molar-refractivity contribution in [3.63, 3.8) is 0 Å². The summed E-state index contributed by atoms with van der Waals surface area (Å²) in [6.45, 7) is 2.83. The highest BCUT2D eigenvalue weighted by atomic mass is 16.2. The maximum atomic E-state index is 13.0. The lowest BCUT2D eigenvalue weighted by molar-refractivity contribution is 0.0728. The number of hydrogen-bond acceptors (Lipinski definition) is 2. The van der Waals surface area contributed by atoms with Gasteiger partial charge in [-0.05, 0) is 62.3 Å². The van der Waals surface area contributed by atoms with Gasteiger partial charge in [-0.25, -0.2) is 4.98 Å². The van der Waals surface area contributed by atoms with Crippen molar-refractivity contribution in [2.24, 2.45) is 7.05 Å². The van der Waals surface area contributed by atoms with E-state index in [4.69, 9.17) is 0 Å². The fourth-order valence-corrected chi connectivity index (χ4v) is 4.09. The zero-order valence-corrected chi connectivity index (χ0v) is 13.9. The van der Waals surface area contributed by atoms with Crippen LogP contribution in [0.3, 0.4) is 0 Å². The Morgan fingerprint density at radius 1 is 1.22 bits per heavy atom. The zero-order valence-electron chi connectivity index (χ0n) is 13.9. The van der Waals surface area contributed by atoms with Crippen molar-refractivity contribution in [3.8, 4) is 0 Å². The predicted octanol–water partition coefficient (Wildman–Crippen LogP) is 3.19. The van der Waals surface area contributed by atoms with Crippen LogP contribution in [0.25, 0.3) is 0 Å². The van der Waals surface area contributed by atoms with Gasteiger partial charge in [0, 0.05) is 25.4 Å². The van der Waals surface area contributed by atoms with E-state index >= 15 is 0 Å². The van der Waals surface area contributed by atoms with Crippen LogP contribution in [0, 0.1) is 6.92 Å². The Labute approximate surface area is 137 Å². The molecule has 2 aromatic rings. The number of imidazole rings is 1. The van der Waals surface area contributed by atoms with Gasteiger partial charge < -0.3 is 9.47 Å². The molecule has 4 heteroatoms. The monoisotopic (exact) mass is 309 g/mol. The maximum Gasteiger partial charge on any atom is 0.254 e. The third kappa shape index (κ3) is 2.46. The lowest BCUT2D eigenvalue weighted by atomic mass is 10.1. The van der Waals surface area contributed by atoms with Crippen LogP contribution in [0.5, 0.6) is 0 Å². The van der Waals surface area contributed by atoms with Gasteiger partial charge in [-0.3, -0.25) is 4.79 Å². The van der Waals surface area contributed by atoms with Crippen molar-refractivity contribution >= 4 is 5.91 Å². The number of benzene rings is 1. The van der Waals surface area contributed by atoms with E-state index in [1.54, 1.807) is 0 Å². The number of amides is 1. The number of hydrogen-bond donors (Lipinski definition) is 0. The third-order valence-corrected chi connectivity index (χ3v) is 5.19. The van der Waals surface area contributed by atoms with Crippen LogP contribution in [0.1, 0.15) is 58.3 Å². The SMILES string of the molecule is Cc1cn(C)c([C@H]2CCCN2C(=O)c2ccc3c(c2)CCC3)n1. The number of carbonyl (C=O) groups is 1. The minimum Gasteiger partial charge on any atom is -0.336 e. The zero-order chi connectivity index (χ0) is 16.0. The molecule has 0 spiro atoms. The Kier molecular flexibility index (Phi) is 3.47. The van der Waals surface area contributed by atoms with Crippen molar-refractivity contribution in [2.75, 3.05) is 6.54 Å². The fourth-order valence-electron chi connectivity index (χ4n) is 4.09. The summed E-state index contributed by atoms with van der Waals surface area (Å²) in [5, 5.41) is 0. The molecule has 1 saturated heterocycles. The van der Waals surface area contributed by atoms with E-state index in [2.05, 4.69) is 21.7 Å². The first-order chi connectivity index (χ1) is 11.1. The second kappa shape index (κ2) is 5.52. The Balaban J connectivity index is 1.63. The van der Waals surface area contributed by atoms with Gasteiger partial charge in [0.15, 0.2) is 0 Å². The number of fused-ring (bicyclic) bond motifs is 1. The lowest BCUT2D eigenvalue weighted by Crippen LogP contribution is -2.31. The van der Waals surface area contributed by atoms with E-state index in [1.807, 2.05) is 31.1 Å². The summed E-state index contributed by atoms with van der Waals surface area (Å²) >= 11 is 0. The van der Waals surface area contributed by atoms with Gasteiger partial charge in [0.25, 0.3) is 5.91 Å². The van der Waals surface area contributed by atoms with Crippen LogP contribution in [-0.2, 0) is 19.9 Å². The molecule has 0 unspecified atom stereocenters. The van der Waals surface area contributed by atoms with Crippen molar-refractivity contribution in [1.82, 2.24) is 14.5 Å². The highest BCUT2D eigenvalue weighted by Crippen LogP contribution is 2.33. The minimum absolute atomic E-state index is 0.106. The second-order valence-corrected chi connectivity index (χ2v) is 6.85. The highest BCUT2D eigenvalue weighted by Gasteiger charge is 2.33. The minimum atomic E-state index is 0.106. The molecule has 1 fully saturated rings. The molecule has 23 heavy (non-hydrogen) atoms. The first-order valence-corrected chi connectivity index (χ1v) is 8.56. The van der Waals surface area contributed by atoms with E-state index in [0.29, 0.717) is 0 Å². The molecule has 4 rings (SSSR count). The van der Waals surface area contributed by atoms with Gasteiger partial charge >= 0.3 is 0 Å². The van der Waals surface area contributed by atoms with Crippen molar-refractivity contribution < 1.29 is 4.79 Å². The Bertz CT molecular complexity index is 762. The summed E-state index contributed by atoms with van der Waals surface area (Å²) < 4.78 is 2.06. The van der Waals surface area contributed by atoms with Gasteiger partial charge in [0.2, 0.25) is 0 Å². The molecule has 1 aromatic heterocycles. The van der Waals surface area contributed by atoms with E-state index in [1.165, 1.54) is 17.5 Å². The van der Waals surface area contributed by atoms with E-state index in [9.17, 15) is 4.79 Å². The quantitative estimate of drug-likeness (QED) is 0.854. The molecule has 0 bridgehead atoms. The molecule has 2 heterocycles. The van der Waals surface area contributed by atoms with Gasteiger partial charge in [-0.2, -0.15) is 0 Å². The molecular formula is C19H23N3O. The van der Waals surface area contributed by atoms with Crippen molar-refractivity contribution in [3.05, 3.63) is 52.6 Å². The number of aromatic nitrogens is 2. The molecule has 0 saturated carbocycles. The molecule has 1 aromatic carbocycles.